The van der Waals surface area contributed by atoms with Crippen molar-refractivity contribution in [1.29, 1.82) is 0 Å². The SMILES string of the molecule is CC(=O)NC1O[P+](=O)O1.[Na]. The standard InChI is InChI=1S/C3H4NO4P.Na/c1-2(5)4-3-7-9(6)8-3;/h3H,1H3;/p+1. The Balaban J connectivity index is 0.000000810. The number of rotatable bonds is 1. The fraction of sp³-hybridized carbons (Fsp3) is 0.667. The van der Waals surface area contributed by atoms with Crippen molar-refractivity contribution in [3.8, 4) is 0 Å². The zero-order valence-electron chi connectivity index (χ0n) is 5.66. The number of hydrogen-bond acceptors (Lipinski definition) is 4. The van der Waals surface area contributed by atoms with Crippen LogP contribution in [0.15, 0.2) is 0 Å². The van der Waals surface area contributed by atoms with Gasteiger partial charge in [-0.3, -0.25) is 4.79 Å². The molecule has 7 heteroatoms. The molecule has 1 amide bonds. The van der Waals surface area contributed by atoms with Gasteiger partial charge in [-0.2, -0.15) is 0 Å². The first kappa shape index (κ1) is 10.5. The normalized spacial score (nSPS) is 26.1. The minimum Gasteiger partial charge on any atom is -0.301 e. The Morgan fingerprint density at radius 2 is 2.10 bits per heavy atom. The Hall–Kier alpha value is 0.490. The Labute approximate surface area is 80.7 Å². The molecule has 0 aliphatic carbocycles. The maximum absolute atomic E-state index is 10.2. The number of hydrogen-bond donors (Lipinski definition) is 1. The molecular formula is C3H5NNaO4P+. The first-order valence-electron chi connectivity index (χ1n) is 2.26. The third-order valence-corrected chi connectivity index (χ3v) is 1.41. The third kappa shape index (κ3) is 3.05. The maximum Gasteiger partial charge on any atom is 0.707 e. The number of nitrogens with one attached hydrogen (secondary N) is 1. The molecule has 0 bridgehead atoms. The van der Waals surface area contributed by atoms with Crippen LogP contribution < -0.4 is 5.32 Å². The van der Waals surface area contributed by atoms with Gasteiger partial charge in [0.15, 0.2) is 0 Å². The van der Waals surface area contributed by atoms with Gasteiger partial charge in [-0.15, -0.1) is 0 Å². The Morgan fingerprint density at radius 1 is 1.60 bits per heavy atom. The molecule has 0 aromatic rings. The van der Waals surface area contributed by atoms with Crippen LogP contribution in [0.4, 0.5) is 0 Å². The summed E-state index contributed by atoms with van der Waals surface area (Å²) in [5, 5.41) is 2.24. The van der Waals surface area contributed by atoms with Gasteiger partial charge in [-0.25, -0.2) is 0 Å². The first-order chi connectivity index (χ1) is 4.18. The van der Waals surface area contributed by atoms with E-state index in [0.717, 1.165) is 0 Å². The van der Waals surface area contributed by atoms with Crippen LogP contribution in [0, 0.1) is 0 Å². The second-order valence-corrected chi connectivity index (χ2v) is 2.34. The monoisotopic (exact) mass is 173 g/mol. The van der Waals surface area contributed by atoms with Gasteiger partial charge in [0.1, 0.15) is 0 Å². The Morgan fingerprint density at radius 3 is 2.40 bits per heavy atom. The molecule has 0 spiro atoms. The van der Waals surface area contributed by atoms with Crippen LogP contribution in [-0.4, -0.2) is 41.9 Å². The van der Waals surface area contributed by atoms with Gasteiger partial charge in [0.2, 0.25) is 5.91 Å². The van der Waals surface area contributed by atoms with Gasteiger partial charge >= 0.3 is 14.7 Å². The van der Waals surface area contributed by atoms with E-state index in [-0.39, 0.29) is 35.5 Å². The van der Waals surface area contributed by atoms with Crippen molar-refractivity contribution in [3.63, 3.8) is 0 Å². The zero-order valence-corrected chi connectivity index (χ0v) is 8.55. The van der Waals surface area contributed by atoms with E-state index in [1.165, 1.54) is 6.92 Å². The molecule has 0 aromatic carbocycles. The molecule has 1 aliphatic heterocycles. The van der Waals surface area contributed by atoms with Crippen LogP contribution in [-0.2, 0) is 18.4 Å². The number of amides is 1. The molecule has 5 nitrogen and oxygen atoms in total. The van der Waals surface area contributed by atoms with E-state index in [1.54, 1.807) is 0 Å². The number of carbonyl (C=O) groups excluding carboxylic acids is 1. The summed E-state index contributed by atoms with van der Waals surface area (Å²) in [6.45, 7) is 1.32. The molecular weight excluding hydrogens is 168 g/mol. The van der Waals surface area contributed by atoms with Crippen molar-refractivity contribution in [2.45, 2.75) is 13.3 Å². The summed E-state index contributed by atoms with van der Waals surface area (Å²) in [7, 11) is -1.95. The molecule has 1 fully saturated rings. The molecule has 0 aromatic heterocycles. The van der Waals surface area contributed by atoms with E-state index >= 15 is 0 Å². The summed E-state index contributed by atoms with van der Waals surface area (Å²) in [6, 6.07) is 0. The summed E-state index contributed by atoms with van der Waals surface area (Å²) in [5.74, 6) is -0.275. The molecule has 1 saturated heterocycles. The molecule has 0 unspecified atom stereocenters. The summed E-state index contributed by atoms with van der Waals surface area (Å²) < 4.78 is 18.9. The fourth-order valence-electron chi connectivity index (χ4n) is 0.383. The molecule has 1 heterocycles. The minimum atomic E-state index is -1.95. The zero-order chi connectivity index (χ0) is 6.85. The van der Waals surface area contributed by atoms with Crippen molar-refractivity contribution < 1.29 is 18.4 Å². The van der Waals surface area contributed by atoms with E-state index < -0.39 is 14.7 Å². The van der Waals surface area contributed by atoms with Crippen LogP contribution in [0.1, 0.15) is 6.92 Å². The Kier molecular flexibility index (Phi) is 4.60. The van der Waals surface area contributed by atoms with Crippen molar-refractivity contribution >= 4 is 43.7 Å². The van der Waals surface area contributed by atoms with Gasteiger partial charge in [0, 0.05) is 41.0 Å². The average Bonchev–Trinajstić information content (AvgIpc) is 1.60. The van der Waals surface area contributed by atoms with Gasteiger partial charge in [0.05, 0.1) is 0 Å². The quantitative estimate of drug-likeness (QED) is 0.437. The van der Waals surface area contributed by atoms with Crippen molar-refractivity contribution in [1.82, 2.24) is 5.32 Å². The second-order valence-electron chi connectivity index (χ2n) is 1.47. The van der Waals surface area contributed by atoms with Gasteiger partial charge in [0.25, 0.3) is 0 Å². The summed E-state index contributed by atoms with van der Waals surface area (Å²) >= 11 is 0. The first-order valence-corrected chi connectivity index (χ1v) is 3.36. The maximum atomic E-state index is 10.2. The summed E-state index contributed by atoms with van der Waals surface area (Å²) in [4.78, 5) is 10.2. The predicted molar refractivity (Wildman–Crippen MR) is 33.1 cm³/mol. The molecule has 51 valence electrons. The molecule has 1 radical (unpaired) electrons. The average molecular weight is 173 g/mol. The van der Waals surface area contributed by atoms with Crippen LogP contribution in [0.25, 0.3) is 0 Å². The van der Waals surface area contributed by atoms with E-state index in [0.29, 0.717) is 0 Å². The van der Waals surface area contributed by atoms with E-state index in [9.17, 15) is 9.36 Å². The van der Waals surface area contributed by atoms with Gasteiger partial charge in [-0.05, 0) is 0 Å². The van der Waals surface area contributed by atoms with Crippen LogP contribution in [0.3, 0.4) is 0 Å². The minimum absolute atomic E-state index is 0. The fourth-order valence-corrected chi connectivity index (χ4v) is 0.817. The van der Waals surface area contributed by atoms with Gasteiger partial charge < -0.3 is 5.32 Å². The van der Waals surface area contributed by atoms with E-state index in [4.69, 9.17) is 0 Å². The summed E-state index contributed by atoms with van der Waals surface area (Å²) in [6.07, 6.45) is -0.800. The van der Waals surface area contributed by atoms with Crippen molar-refractivity contribution in [2.75, 3.05) is 0 Å². The van der Waals surface area contributed by atoms with E-state index in [2.05, 4.69) is 14.4 Å². The van der Waals surface area contributed by atoms with Gasteiger partial charge in [-0.1, -0.05) is 9.05 Å². The smallest absolute Gasteiger partial charge is 0.301 e. The molecule has 0 saturated carbocycles. The van der Waals surface area contributed by atoms with Crippen molar-refractivity contribution in [2.24, 2.45) is 0 Å². The van der Waals surface area contributed by atoms with E-state index in [1.807, 2.05) is 0 Å². The topological polar surface area (TPSA) is 64.6 Å². The second kappa shape index (κ2) is 4.38. The van der Waals surface area contributed by atoms with Crippen LogP contribution >= 0.6 is 8.25 Å². The summed E-state index contributed by atoms with van der Waals surface area (Å²) in [5.41, 5.74) is 0. The molecule has 1 aliphatic rings. The Bertz CT molecular complexity index is 155. The third-order valence-electron chi connectivity index (χ3n) is 0.685. The van der Waals surface area contributed by atoms with Crippen LogP contribution in [0.2, 0.25) is 0 Å². The van der Waals surface area contributed by atoms with Crippen molar-refractivity contribution in [3.05, 3.63) is 0 Å². The number of carbonyl (C=O) groups is 1. The molecule has 1 N–H and O–H groups in total. The molecule has 0 atom stereocenters. The largest absolute Gasteiger partial charge is 0.707 e. The predicted octanol–water partition coefficient (Wildman–Crippen LogP) is -0.271. The van der Waals surface area contributed by atoms with Crippen LogP contribution in [0.5, 0.6) is 0 Å². The molecule has 1 rings (SSSR count). The molecule has 10 heavy (non-hydrogen) atoms.